The van der Waals surface area contributed by atoms with Crippen molar-refractivity contribution in [2.45, 2.75) is 17.7 Å². The van der Waals surface area contributed by atoms with Gasteiger partial charge in [0.05, 0.1) is 0 Å². The Hall–Kier alpha value is -1.73. The normalized spacial score (nSPS) is 20.0. The van der Waals surface area contributed by atoms with E-state index in [1.54, 1.807) is 10.6 Å². The summed E-state index contributed by atoms with van der Waals surface area (Å²) >= 11 is 0. The average Bonchev–Trinajstić information content (AvgIpc) is 2.77. The van der Waals surface area contributed by atoms with Crippen molar-refractivity contribution in [1.29, 1.82) is 0 Å². The van der Waals surface area contributed by atoms with Crippen LogP contribution in [-0.4, -0.2) is 0 Å². The van der Waals surface area contributed by atoms with Crippen molar-refractivity contribution in [2.75, 3.05) is 0 Å². The molecule has 0 aromatic heterocycles. The topological polar surface area (TPSA) is 0 Å². The summed E-state index contributed by atoms with van der Waals surface area (Å²) < 4.78 is 0. The summed E-state index contributed by atoms with van der Waals surface area (Å²) in [5.41, 5.74) is 4.19. The van der Waals surface area contributed by atoms with Gasteiger partial charge in [0.1, 0.15) is 0 Å². The molecule has 5 rings (SSSR count). The van der Waals surface area contributed by atoms with Crippen molar-refractivity contribution >= 4 is 51.8 Å². The number of halogens is 2. The van der Waals surface area contributed by atoms with Gasteiger partial charge >= 0.3 is 168 Å². The molecule has 154 valence electrons. The molecule has 0 nitrogen and oxygen atoms in total. The van der Waals surface area contributed by atoms with Crippen LogP contribution in [0.4, 0.5) is 0 Å². The van der Waals surface area contributed by atoms with E-state index in [1.165, 1.54) is 17.5 Å². The van der Waals surface area contributed by atoms with E-state index in [0.29, 0.717) is 11.3 Å². The summed E-state index contributed by atoms with van der Waals surface area (Å²) in [6.45, 7) is 0. The van der Waals surface area contributed by atoms with Crippen LogP contribution in [0.1, 0.15) is 28.9 Å². The number of rotatable bonds is 4. The minimum atomic E-state index is -2.04. The van der Waals surface area contributed by atoms with Crippen LogP contribution in [0.15, 0.2) is 121 Å². The summed E-state index contributed by atoms with van der Waals surface area (Å²) in [6, 6.07) is 45.0. The second-order valence-corrected chi connectivity index (χ2v) is 12.0. The second kappa shape index (κ2) is 10.1. The third-order valence-electron chi connectivity index (χ3n) is 6.48. The van der Waals surface area contributed by atoms with Crippen LogP contribution < -0.4 is 10.6 Å². The first-order valence-corrected chi connectivity index (χ1v) is 12.3. The van der Waals surface area contributed by atoms with Crippen molar-refractivity contribution in [3.05, 3.63) is 132 Å². The van der Waals surface area contributed by atoms with Gasteiger partial charge in [-0.3, -0.25) is 0 Å². The van der Waals surface area contributed by atoms with E-state index in [4.69, 9.17) is 0 Å². The van der Waals surface area contributed by atoms with Crippen molar-refractivity contribution in [3.8, 4) is 0 Å². The van der Waals surface area contributed by atoms with Gasteiger partial charge in [-0.05, 0) is 0 Å². The molecular formula is C27H27Br2P. The van der Waals surface area contributed by atoms with Crippen molar-refractivity contribution in [1.82, 2.24) is 0 Å². The summed E-state index contributed by atoms with van der Waals surface area (Å²) in [5, 5.41) is 3.10. The number of hydrogen-bond donors (Lipinski definition) is 0. The molecule has 0 saturated carbocycles. The molecule has 0 radical (unpaired) electrons. The molecule has 1 aliphatic rings. The Bertz CT molecular complexity index is 950. The maximum absolute atomic E-state index is 2.38. The third-order valence-corrected chi connectivity index (χ3v) is 12.4. The van der Waals surface area contributed by atoms with Crippen LogP contribution >= 0.6 is 41.2 Å². The van der Waals surface area contributed by atoms with E-state index < -0.39 is 7.26 Å². The predicted octanol–water partition coefficient (Wildman–Crippen LogP) is 7.43. The van der Waals surface area contributed by atoms with Crippen molar-refractivity contribution in [2.24, 2.45) is 0 Å². The number of benzene rings is 4. The predicted molar refractivity (Wildman–Crippen MR) is 144 cm³/mol. The summed E-state index contributed by atoms with van der Waals surface area (Å²) in [6.07, 6.45) is 1.23. The SMILES string of the molecule is Br.Br.c1ccc(C2CC(c3ccccc3)[PH]2(c2ccccc2)c2ccccc2)cc1. The summed E-state index contributed by atoms with van der Waals surface area (Å²) in [4.78, 5) is 0. The van der Waals surface area contributed by atoms with Crippen LogP contribution in [0, 0.1) is 0 Å². The third kappa shape index (κ3) is 3.82. The van der Waals surface area contributed by atoms with Gasteiger partial charge in [0.2, 0.25) is 0 Å². The molecule has 1 heterocycles. The van der Waals surface area contributed by atoms with Crippen molar-refractivity contribution < 1.29 is 0 Å². The zero-order valence-corrected chi connectivity index (χ0v) is 21.2. The molecule has 1 aliphatic heterocycles. The molecule has 0 spiro atoms. The molecule has 0 aliphatic carbocycles. The van der Waals surface area contributed by atoms with Gasteiger partial charge in [0, 0.05) is 0 Å². The molecule has 2 unspecified atom stereocenters. The molecule has 4 aromatic rings. The van der Waals surface area contributed by atoms with Gasteiger partial charge in [-0.25, -0.2) is 0 Å². The Morgan fingerprint density at radius 1 is 0.433 bits per heavy atom. The van der Waals surface area contributed by atoms with Crippen molar-refractivity contribution in [3.63, 3.8) is 0 Å². The Balaban J connectivity index is 0.00000128. The van der Waals surface area contributed by atoms with Crippen LogP contribution in [0.5, 0.6) is 0 Å². The first-order valence-electron chi connectivity index (χ1n) is 10.1. The molecule has 3 heteroatoms. The summed E-state index contributed by atoms with van der Waals surface area (Å²) in [7, 11) is -2.04. The van der Waals surface area contributed by atoms with E-state index in [-0.39, 0.29) is 34.0 Å². The van der Waals surface area contributed by atoms with E-state index in [1.807, 2.05) is 0 Å². The fourth-order valence-corrected chi connectivity index (χ4v) is 11.4. The van der Waals surface area contributed by atoms with Crippen LogP contribution in [-0.2, 0) is 0 Å². The van der Waals surface area contributed by atoms with Crippen LogP contribution in [0.3, 0.4) is 0 Å². The zero-order chi connectivity index (χ0) is 18.8. The molecule has 1 fully saturated rings. The Labute approximate surface area is 201 Å². The maximum atomic E-state index is 2.38. The number of hydrogen-bond acceptors (Lipinski definition) is 0. The van der Waals surface area contributed by atoms with Crippen LogP contribution in [0.2, 0.25) is 0 Å². The van der Waals surface area contributed by atoms with E-state index >= 15 is 0 Å². The van der Waals surface area contributed by atoms with E-state index in [9.17, 15) is 0 Å². The molecule has 2 atom stereocenters. The quantitative estimate of drug-likeness (QED) is 0.236. The second-order valence-electron chi connectivity index (χ2n) is 7.76. The average molecular weight is 542 g/mol. The standard InChI is InChI=1S/C27H25P.2BrH/c1-5-13-22(14-6-1)26-21-27(23-15-7-2-8-16-23)28(26,24-17-9-3-10-18-24)25-19-11-4-12-20-25;;/h1-20,26-28H,21H2;2*1H. The Morgan fingerprint density at radius 3 is 1.07 bits per heavy atom. The molecular weight excluding hydrogens is 515 g/mol. The van der Waals surface area contributed by atoms with Gasteiger partial charge < -0.3 is 0 Å². The first-order chi connectivity index (χ1) is 13.9. The van der Waals surface area contributed by atoms with Crippen LogP contribution in [0.25, 0.3) is 0 Å². The van der Waals surface area contributed by atoms with Gasteiger partial charge in [0.15, 0.2) is 0 Å². The van der Waals surface area contributed by atoms with E-state index in [0.717, 1.165) is 0 Å². The monoisotopic (exact) mass is 540 g/mol. The molecule has 30 heavy (non-hydrogen) atoms. The fraction of sp³-hybridized carbons (Fsp3) is 0.111. The molecule has 0 bridgehead atoms. The minimum absolute atomic E-state index is 0. The zero-order valence-electron chi connectivity index (χ0n) is 16.7. The Kier molecular flexibility index (Phi) is 7.69. The summed E-state index contributed by atoms with van der Waals surface area (Å²) in [5.74, 6) is 0. The van der Waals surface area contributed by atoms with Gasteiger partial charge in [-0.1, -0.05) is 0 Å². The molecule has 1 saturated heterocycles. The molecule has 0 N–H and O–H groups in total. The fourth-order valence-electron chi connectivity index (χ4n) is 5.26. The van der Waals surface area contributed by atoms with Gasteiger partial charge in [-0.15, -0.1) is 34.0 Å². The van der Waals surface area contributed by atoms with E-state index in [2.05, 4.69) is 121 Å². The first kappa shape index (κ1) is 22.9. The van der Waals surface area contributed by atoms with Gasteiger partial charge in [-0.2, -0.15) is 0 Å². The van der Waals surface area contributed by atoms with Gasteiger partial charge in [0.25, 0.3) is 0 Å². The molecule has 0 amide bonds. The Morgan fingerprint density at radius 2 is 0.733 bits per heavy atom. The molecule has 4 aromatic carbocycles.